The number of hydrogen-bond acceptors (Lipinski definition) is 1. The lowest BCUT2D eigenvalue weighted by Gasteiger charge is -2.07. The Morgan fingerprint density at radius 1 is 0.714 bits per heavy atom. The smallest absolute Gasteiger partial charge is 0.326 e. The van der Waals surface area contributed by atoms with E-state index in [-0.39, 0.29) is 0 Å². The summed E-state index contributed by atoms with van der Waals surface area (Å²) >= 11 is 0. The lowest BCUT2D eigenvalue weighted by atomic mass is 9.88. The highest BCUT2D eigenvalue weighted by atomic mass is 16.2. The molecule has 0 unspecified atom stereocenters. The Kier molecular flexibility index (Phi) is 2.79. The van der Waals surface area contributed by atoms with Crippen molar-refractivity contribution in [3.63, 3.8) is 0 Å². The first-order valence-corrected chi connectivity index (χ1v) is 6.94. The molecule has 2 nitrogen and oxygen atoms in total. The lowest BCUT2D eigenvalue weighted by Crippen LogP contribution is -2.12. The van der Waals surface area contributed by atoms with E-state index < -0.39 is 0 Å². The minimum Gasteiger partial charge on any atom is -0.450 e. The van der Waals surface area contributed by atoms with Crippen molar-refractivity contribution in [2.24, 2.45) is 0 Å². The van der Waals surface area contributed by atoms with Crippen LogP contribution in [0, 0.1) is 0 Å². The molecule has 0 saturated carbocycles. The second-order valence-corrected chi connectivity index (χ2v) is 5.09. The maximum Gasteiger partial charge on any atom is 0.326 e. The van der Waals surface area contributed by atoms with Crippen molar-refractivity contribution in [2.45, 2.75) is 0 Å². The van der Waals surface area contributed by atoms with E-state index in [9.17, 15) is 5.02 Å². The Morgan fingerprint density at radius 2 is 1.43 bits per heavy atom. The molecule has 1 heterocycles. The molecular formula is C18H13BNO. The molecule has 0 saturated heterocycles. The van der Waals surface area contributed by atoms with Crippen LogP contribution in [0.1, 0.15) is 0 Å². The summed E-state index contributed by atoms with van der Waals surface area (Å²) in [4.78, 5) is 0. The quantitative estimate of drug-likeness (QED) is 0.556. The van der Waals surface area contributed by atoms with Gasteiger partial charge in [-0.3, -0.25) is 0 Å². The Morgan fingerprint density at radius 3 is 2.24 bits per heavy atom. The van der Waals surface area contributed by atoms with Crippen molar-refractivity contribution in [2.75, 3.05) is 0 Å². The van der Waals surface area contributed by atoms with E-state index in [4.69, 9.17) is 0 Å². The largest absolute Gasteiger partial charge is 0.450 e. The van der Waals surface area contributed by atoms with Gasteiger partial charge in [0, 0.05) is 16.5 Å². The third kappa shape index (κ3) is 1.86. The fourth-order valence-electron chi connectivity index (χ4n) is 2.93. The molecule has 3 aromatic carbocycles. The minimum atomic E-state index is 0.818. The molecule has 0 atom stereocenters. The number of nitrogens with zero attached hydrogens (tertiary/aromatic N) is 1. The van der Waals surface area contributed by atoms with Crippen LogP contribution >= 0.6 is 0 Å². The van der Waals surface area contributed by atoms with Crippen molar-refractivity contribution in [3.05, 3.63) is 72.8 Å². The molecule has 4 rings (SSSR count). The van der Waals surface area contributed by atoms with Gasteiger partial charge in [-0.2, -0.15) is 0 Å². The van der Waals surface area contributed by atoms with Crippen molar-refractivity contribution in [3.8, 4) is 5.69 Å². The molecule has 0 spiro atoms. The first-order valence-electron chi connectivity index (χ1n) is 6.94. The SMILES string of the molecule is O[B]c1ccc2c(c1)c1ccccc1n2-c1ccccc1. The predicted molar refractivity (Wildman–Crippen MR) is 88.4 cm³/mol. The Labute approximate surface area is 123 Å². The average Bonchev–Trinajstić information content (AvgIpc) is 2.89. The van der Waals surface area contributed by atoms with E-state index in [1.54, 1.807) is 0 Å². The van der Waals surface area contributed by atoms with Gasteiger partial charge >= 0.3 is 7.48 Å². The van der Waals surface area contributed by atoms with Gasteiger partial charge in [-0.05, 0) is 24.3 Å². The molecule has 0 aliphatic heterocycles. The van der Waals surface area contributed by atoms with Crippen LogP contribution in [0.5, 0.6) is 0 Å². The van der Waals surface area contributed by atoms with Gasteiger partial charge in [-0.25, -0.2) is 0 Å². The van der Waals surface area contributed by atoms with Gasteiger partial charge in [-0.1, -0.05) is 54.0 Å². The number of rotatable bonds is 2. The van der Waals surface area contributed by atoms with Crippen molar-refractivity contribution in [1.29, 1.82) is 0 Å². The second kappa shape index (κ2) is 4.79. The summed E-state index contributed by atoms with van der Waals surface area (Å²) in [5.74, 6) is 0. The molecule has 1 N–H and O–H groups in total. The normalized spacial score (nSPS) is 11.1. The molecule has 21 heavy (non-hydrogen) atoms. The van der Waals surface area contributed by atoms with Crippen LogP contribution in [0.2, 0.25) is 0 Å². The molecule has 1 aromatic heterocycles. The van der Waals surface area contributed by atoms with Gasteiger partial charge < -0.3 is 9.59 Å². The molecule has 0 bridgehead atoms. The molecule has 1 radical (unpaired) electrons. The molecule has 0 aliphatic carbocycles. The predicted octanol–water partition coefficient (Wildman–Crippen LogP) is 3.02. The third-order valence-corrected chi connectivity index (χ3v) is 3.86. The summed E-state index contributed by atoms with van der Waals surface area (Å²) in [6.07, 6.45) is 0. The van der Waals surface area contributed by atoms with Crippen molar-refractivity contribution in [1.82, 2.24) is 4.57 Å². The topological polar surface area (TPSA) is 25.2 Å². The highest BCUT2D eigenvalue weighted by Crippen LogP contribution is 2.30. The maximum atomic E-state index is 9.26. The van der Waals surface area contributed by atoms with Gasteiger partial charge in [0.1, 0.15) is 0 Å². The molecule has 3 heteroatoms. The Hall–Kier alpha value is -2.52. The fraction of sp³-hybridized carbons (Fsp3) is 0. The van der Waals surface area contributed by atoms with Crippen LogP contribution in [0.25, 0.3) is 27.5 Å². The number of aromatic nitrogens is 1. The average molecular weight is 270 g/mol. The Balaban J connectivity index is 2.17. The zero-order chi connectivity index (χ0) is 14.2. The summed E-state index contributed by atoms with van der Waals surface area (Å²) in [5, 5.41) is 11.6. The molecule has 0 aliphatic rings. The summed E-state index contributed by atoms with van der Waals surface area (Å²) in [5.41, 5.74) is 4.28. The maximum absolute atomic E-state index is 9.26. The second-order valence-electron chi connectivity index (χ2n) is 5.09. The van der Waals surface area contributed by atoms with Crippen molar-refractivity contribution < 1.29 is 5.02 Å². The zero-order valence-corrected chi connectivity index (χ0v) is 11.4. The number of hydrogen-bond donors (Lipinski definition) is 1. The Bertz CT molecular complexity index is 928. The van der Waals surface area contributed by atoms with E-state index in [0.29, 0.717) is 0 Å². The summed E-state index contributed by atoms with van der Waals surface area (Å²) in [6.45, 7) is 0. The first-order chi connectivity index (χ1) is 10.4. The van der Waals surface area contributed by atoms with Gasteiger partial charge in [0.2, 0.25) is 0 Å². The zero-order valence-electron chi connectivity index (χ0n) is 11.4. The highest BCUT2D eigenvalue weighted by Gasteiger charge is 2.11. The standard InChI is InChI=1S/C18H13BNO/c21-19-13-10-11-18-16(12-13)15-8-4-5-9-17(15)20(18)14-6-2-1-3-7-14/h1-12,21H. The number of fused-ring (bicyclic) bond motifs is 3. The van der Waals surface area contributed by atoms with Crippen LogP contribution in [0.3, 0.4) is 0 Å². The monoisotopic (exact) mass is 270 g/mol. The van der Waals surface area contributed by atoms with Crippen LogP contribution in [-0.2, 0) is 0 Å². The molecular weight excluding hydrogens is 257 g/mol. The molecule has 0 fully saturated rings. The molecule has 4 aromatic rings. The van der Waals surface area contributed by atoms with Crippen LogP contribution in [-0.4, -0.2) is 17.1 Å². The third-order valence-electron chi connectivity index (χ3n) is 3.86. The minimum absolute atomic E-state index is 0.818. The van der Waals surface area contributed by atoms with E-state index in [1.807, 2.05) is 36.4 Å². The van der Waals surface area contributed by atoms with Crippen LogP contribution < -0.4 is 5.46 Å². The van der Waals surface area contributed by atoms with Crippen LogP contribution in [0.15, 0.2) is 72.8 Å². The highest BCUT2D eigenvalue weighted by molar-refractivity contribution is 6.46. The number of benzene rings is 3. The van der Waals surface area contributed by atoms with Gasteiger partial charge in [0.05, 0.1) is 11.0 Å². The van der Waals surface area contributed by atoms with Gasteiger partial charge in [-0.15, -0.1) is 0 Å². The van der Waals surface area contributed by atoms with E-state index >= 15 is 0 Å². The van der Waals surface area contributed by atoms with Crippen LogP contribution in [0.4, 0.5) is 0 Å². The molecule has 0 amide bonds. The summed E-state index contributed by atoms with van der Waals surface area (Å²) < 4.78 is 2.26. The summed E-state index contributed by atoms with van der Waals surface area (Å²) in [6, 6.07) is 24.7. The van der Waals surface area contributed by atoms with Crippen molar-refractivity contribution >= 4 is 34.8 Å². The fourth-order valence-corrected chi connectivity index (χ4v) is 2.93. The van der Waals surface area contributed by atoms with Gasteiger partial charge in [0.25, 0.3) is 0 Å². The number of para-hydroxylation sites is 2. The van der Waals surface area contributed by atoms with E-state index in [2.05, 4.69) is 41.0 Å². The van der Waals surface area contributed by atoms with Gasteiger partial charge in [0.15, 0.2) is 0 Å². The van der Waals surface area contributed by atoms with E-state index in [1.165, 1.54) is 10.9 Å². The summed E-state index contributed by atoms with van der Waals surface area (Å²) in [7, 11) is 1.15. The van der Waals surface area contributed by atoms with E-state index in [0.717, 1.165) is 29.5 Å². The first kappa shape index (κ1) is 12.2. The lowest BCUT2D eigenvalue weighted by molar-refractivity contribution is 0.615. The molecule has 99 valence electrons.